The summed E-state index contributed by atoms with van der Waals surface area (Å²) in [6.07, 6.45) is 4.09. The molecule has 2 aromatic heterocycles. The van der Waals surface area contributed by atoms with E-state index in [1.54, 1.807) is 31.6 Å². The standard InChI is InChI=1S/C20H18ClN3O2/c1-26-13-16-5-7-18(22-12-16)20(25)24-19-8-6-15(11-23-19)9-14-3-2-4-17(21)10-14/h2-8,10-12H,9,13H2,1H3,(H,23,24,25). The third-order valence-electron chi connectivity index (χ3n) is 3.73. The number of pyridine rings is 2. The number of hydrogen-bond acceptors (Lipinski definition) is 4. The van der Waals surface area contributed by atoms with Gasteiger partial charge in [0.25, 0.3) is 5.91 Å². The second-order valence-electron chi connectivity index (χ2n) is 5.80. The van der Waals surface area contributed by atoms with Gasteiger partial charge in [0.05, 0.1) is 6.61 Å². The first-order valence-corrected chi connectivity index (χ1v) is 8.46. The maximum Gasteiger partial charge on any atom is 0.275 e. The highest BCUT2D eigenvalue weighted by Crippen LogP contribution is 2.15. The largest absolute Gasteiger partial charge is 0.380 e. The molecule has 0 atom stereocenters. The first-order chi connectivity index (χ1) is 12.6. The molecule has 0 aliphatic heterocycles. The molecule has 0 unspecified atom stereocenters. The molecule has 3 aromatic rings. The lowest BCUT2D eigenvalue weighted by Gasteiger charge is -2.06. The number of rotatable bonds is 6. The number of amides is 1. The van der Waals surface area contributed by atoms with E-state index in [0.29, 0.717) is 23.1 Å². The number of hydrogen-bond donors (Lipinski definition) is 1. The van der Waals surface area contributed by atoms with E-state index in [9.17, 15) is 4.79 Å². The van der Waals surface area contributed by atoms with Crippen molar-refractivity contribution in [1.29, 1.82) is 0 Å². The summed E-state index contributed by atoms with van der Waals surface area (Å²) in [5, 5.41) is 3.46. The minimum atomic E-state index is -0.302. The van der Waals surface area contributed by atoms with E-state index in [2.05, 4.69) is 15.3 Å². The average molecular weight is 368 g/mol. The topological polar surface area (TPSA) is 64.1 Å². The van der Waals surface area contributed by atoms with Crippen LogP contribution >= 0.6 is 11.6 Å². The van der Waals surface area contributed by atoms with E-state index in [-0.39, 0.29) is 5.91 Å². The number of ether oxygens (including phenoxy) is 1. The fourth-order valence-corrected chi connectivity index (χ4v) is 2.69. The molecule has 5 nitrogen and oxygen atoms in total. The van der Waals surface area contributed by atoms with Gasteiger partial charge in [-0.2, -0.15) is 0 Å². The third-order valence-corrected chi connectivity index (χ3v) is 3.97. The molecule has 0 spiro atoms. The Hall–Kier alpha value is -2.76. The number of carbonyl (C=O) groups excluding carboxylic acids is 1. The fraction of sp³-hybridized carbons (Fsp3) is 0.150. The molecule has 1 N–H and O–H groups in total. The Morgan fingerprint density at radius 3 is 2.50 bits per heavy atom. The van der Waals surface area contributed by atoms with Crippen LogP contribution < -0.4 is 5.32 Å². The summed E-state index contributed by atoms with van der Waals surface area (Å²) in [5.41, 5.74) is 3.38. The normalized spacial score (nSPS) is 10.5. The molecule has 0 saturated heterocycles. The monoisotopic (exact) mass is 367 g/mol. The summed E-state index contributed by atoms with van der Waals surface area (Å²) < 4.78 is 5.03. The van der Waals surface area contributed by atoms with Gasteiger partial charge in [-0.15, -0.1) is 0 Å². The van der Waals surface area contributed by atoms with Gasteiger partial charge < -0.3 is 10.1 Å². The number of nitrogens with zero attached hydrogens (tertiary/aromatic N) is 2. The van der Waals surface area contributed by atoms with Crippen LogP contribution in [0.2, 0.25) is 5.02 Å². The van der Waals surface area contributed by atoms with Gasteiger partial charge in [0, 0.05) is 24.5 Å². The van der Waals surface area contributed by atoms with E-state index in [4.69, 9.17) is 16.3 Å². The summed E-state index contributed by atoms with van der Waals surface area (Å²) in [7, 11) is 1.61. The highest BCUT2D eigenvalue weighted by molar-refractivity contribution is 6.30. The van der Waals surface area contributed by atoms with Gasteiger partial charge in [-0.25, -0.2) is 4.98 Å². The maximum absolute atomic E-state index is 12.2. The van der Waals surface area contributed by atoms with Crippen LogP contribution in [-0.2, 0) is 17.8 Å². The van der Waals surface area contributed by atoms with Crippen molar-refractivity contribution in [1.82, 2.24) is 9.97 Å². The molecule has 1 aromatic carbocycles. The molecule has 132 valence electrons. The van der Waals surface area contributed by atoms with Crippen LogP contribution in [0.25, 0.3) is 0 Å². The first kappa shape index (κ1) is 18.0. The number of halogens is 1. The van der Waals surface area contributed by atoms with Crippen LogP contribution in [-0.4, -0.2) is 23.0 Å². The highest BCUT2D eigenvalue weighted by atomic mass is 35.5. The van der Waals surface area contributed by atoms with Gasteiger partial charge in [0.2, 0.25) is 0 Å². The van der Waals surface area contributed by atoms with E-state index < -0.39 is 0 Å². The fourth-order valence-electron chi connectivity index (χ4n) is 2.48. The number of nitrogens with one attached hydrogen (secondary N) is 1. The van der Waals surface area contributed by atoms with E-state index >= 15 is 0 Å². The number of anilines is 1. The Morgan fingerprint density at radius 2 is 1.85 bits per heavy atom. The van der Waals surface area contributed by atoms with Crippen molar-refractivity contribution in [2.45, 2.75) is 13.0 Å². The lowest BCUT2D eigenvalue weighted by Crippen LogP contribution is -2.14. The van der Waals surface area contributed by atoms with Gasteiger partial charge in [-0.05, 0) is 47.4 Å². The predicted octanol–water partition coefficient (Wildman–Crippen LogP) is 4.12. The van der Waals surface area contributed by atoms with E-state index in [1.165, 1.54) is 0 Å². The predicted molar refractivity (Wildman–Crippen MR) is 101 cm³/mol. The molecule has 0 bridgehead atoms. The highest BCUT2D eigenvalue weighted by Gasteiger charge is 2.08. The number of benzene rings is 1. The second kappa shape index (κ2) is 8.56. The zero-order chi connectivity index (χ0) is 18.4. The third kappa shape index (κ3) is 4.88. The Labute approximate surface area is 157 Å². The Bertz CT molecular complexity index is 880. The van der Waals surface area contributed by atoms with Crippen LogP contribution in [0, 0.1) is 0 Å². The molecular formula is C20H18ClN3O2. The molecular weight excluding hydrogens is 350 g/mol. The van der Waals surface area contributed by atoms with Crippen molar-refractivity contribution in [3.05, 3.63) is 88.3 Å². The smallest absolute Gasteiger partial charge is 0.275 e. The SMILES string of the molecule is COCc1ccc(C(=O)Nc2ccc(Cc3cccc(Cl)c3)cn2)nc1. The minimum absolute atomic E-state index is 0.302. The van der Waals surface area contributed by atoms with Crippen LogP contribution in [0.1, 0.15) is 27.2 Å². The first-order valence-electron chi connectivity index (χ1n) is 8.08. The van der Waals surface area contributed by atoms with Gasteiger partial charge in [0.15, 0.2) is 0 Å². The summed E-state index contributed by atoms with van der Waals surface area (Å²) in [4.78, 5) is 20.7. The van der Waals surface area contributed by atoms with E-state index in [0.717, 1.165) is 23.1 Å². The van der Waals surface area contributed by atoms with Crippen molar-refractivity contribution in [2.24, 2.45) is 0 Å². The second-order valence-corrected chi connectivity index (χ2v) is 6.23. The average Bonchev–Trinajstić information content (AvgIpc) is 2.64. The van der Waals surface area contributed by atoms with Crippen LogP contribution in [0.5, 0.6) is 0 Å². The lowest BCUT2D eigenvalue weighted by molar-refractivity contribution is 0.102. The summed E-state index contributed by atoms with van der Waals surface area (Å²) in [6, 6.07) is 14.9. The van der Waals surface area contributed by atoms with Gasteiger partial charge in [-0.1, -0.05) is 35.9 Å². The van der Waals surface area contributed by atoms with Crippen LogP contribution in [0.4, 0.5) is 5.82 Å². The Kier molecular flexibility index (Phi) is 5.94. The molecule has 3 rings (SSSR count). The van der Waals surface area contributed by atoms with Crippen molar-refractivity contribution in [3.8, 4) is 0 Å². The van der Waals surface area contributed by atoms with Crippen LogP contribution in [0.15, 0.2) is 60.9 Å². The lowest BCUT2D eigenvalue weighted by atomic mass is 10.1. The Balaban J connectivity index is 1.62. The van der Waals surface area contributed by atoms with Gasteiger partial charge >= 0.3 is 0 Å². The Morgan fingerprint density at radius 1 is 1.04 bits per heavy atom. The number of carbonyl (C=O) groups is 1. The maximum atomic E-state index is 12.2. The molecule has 0 radical (unpaired) electrons. The number of aromatic nitrogens is 2. The van der Waals surface area contributed by atoms with Gasteiger partial charge in [0.1, 0.15) is 11.5 Å². The molecule has 26 heavy (non-hydrogen) atoms. The summed E-state index contributed by atoms with van der Waals surface area (Å²) >= 11 is 6.00. The van der Waals surface area contributed by atoms with Crippen molar-refractivity contribution in [2.75, 3.05) is 12.4 Å². The van der Waals surface area contributed by atoms with Gasteiger partial charge in [-0.3, -0.25) is 9.78 Å². The molecule has 0 fully saturated rings. The summed E-state index contributed by atoms with van der Waals surface area (Å²) in [6.45, 7) is 0.463. The molecule has 0 saturated carbocycles. The molecule has 0 aliphatic rings. The summed E-state index contributed by atoms with van der Waals surface area (Å²) in [5.74, 6) is 0.177. The van der Waals surface area contributed by atoms with Crippen molar-refractivity contribution in [3.63, 3.8) is 0 Å². The van der Waals surface area contributed by atoms with Crippen LogP contribution in [0.3, 0.4) is 0 Å². The quantitative estimate of drug-likeness (QED) is 0.711. The number of methoxy groups -OCH3 is 1. The molecule has 6 heteroatoms. The minimum Gasteiger partial charge on any atom is -0.380 e. The molecule has 2 heterocycles. The molecule has 0 aliphatic carbocycles. The van der Waals surface area contributed by atoms with Crippen molar-refractivity contribution < 1.29 is 9.53 Å². The van der Waals surface area contributed by atoms with Crippen molar-refractivity contribution >= 4 is 23.3 Å². The van der Waals surface area contributed by atoms with E-state index in [1.807, 2.05) is 36.4 Å². The molecule has 1 amide bonds. The zero-order valence-corrected chi connectivity index (χ0v) is 15.0. The zero-order valence-electron chi connectivity index (χ0n) is 14.3.